The van der Waals surface area contributed by atoms with Gasteiger partial charge in [0.15, 0.2) is 11.5 Å². The summed E-state index contributed by atoms with van der Waals surface area (Å²) in [6.45, 7) is 2.26. The molecule has 1 aromatic rings. The number of piperazine rings is 1. The van der Waals surface area contributed by atoms with E-state index in [0.717, 1.165) is 0 Å². The Morgan fingerprint density at radius 2 is 1.54 bits per heavy atom. The Kier molecular flexibility index (Phi) is 8.47. The van der Waals surface area contributed by atoms with Crippen LogP contribution < -0.4 is 19.9 Å². The van der Waals surface area contributed by atoms with Crippen molar-refractivity contribution in [2.24, 2.45) is 5.73 Å². The fraction of sp³-hybridized carbons (Fsp3) is 0.529. The molecule has 1 aliphatic heterocycles. The van der Waals surface area contributed by atoms with Crippen molar-refractivity contribution in [3.8, 4) is 17.2 Å². The smallest absolute Gasteiger partial charge is 0.257 e. The van der Waals surface area contributed by atoms with Crippen LogP contribution in [0.2, 0.25) is 0 Å². The first kappa shape index (κ1) is 21.9. The lowest BCUT2D eigenvalue weighted by Gasteiger charge is -2.35. The lowest BCUT2D eigenvalue weighted by Crippen LogP contribution is -2.50. The summed E-state index contributed by atoms with van der Waals surface area (Å²) in [6, 6.07) is 3.34. The monoisotopic (exact) mass is 387 g/mol. The number of carbonyl (C=O) groups is 2. The highest BCUT2D eigenvalue weighted by atomic mass is 35.5. The molecule has 0 saturated carbocycles. The molecule has 26 heavy (non-hydrogen) atoms. The first-order valence-electron chi connectivity index (χ1n) is 8.13. The van der Waals surface area contributed by atoms with E-state index in [2.05, 4.69) is 0 Å². The van der Waals surface area contributed by atoms with Crippen molar-refractivity contribution < 1.29 is 23.8 Å². The van der Waals surface area contributed by atoms with Gasteiger partial charge in [-0.2, -0.15) is 0 Å². The van der Waals surface area contributed by atoms with Gasteiger partial charge in [-0.3, -0.25) is 9.59 Å². The molecule has 0 aliphatic carbocycles. The molecule has 0 bridgehead atoms. The minimum atomic E-state index is -0.163. The highest BCUT2D eigenvalue weighted by molar-refractivity contribution is 5.98. The molecule has 0 radical (unpaired) electrons. The van der Waals surface area contributed by atoms with Crippen molar-refractivity contribution in [3.63, 3.8) is 0 Å². The van der Waals surface area contributed by atoms with Crippen LogP contribution >= 0.6 is 12.4 Å². The minimum absolute atomic E-state index is 0. The molecule has 0 atom stereocenters. The zero-order chi connectivity index (χ0) is 18.4. The van der Waals surface area contributed by atoms with Crippen LogP contribution in [0.1, 0.15) is 16.8 Å². The normalized spacial score (nSPS) is 13.7. The molecular weight excluding hydrogens is 362 g/mol. The third-order valence-electron chi connectivity index (χ3n) is 4.21. The number of ether oxygens (including phenoxy) is 3. The van der Waals surface area contributed by atoms with Crippen LogP contribution in [0.25, 0.3) is 0 Å². The Labute approximate surface area is 159 Å². The Morgan fingerprint density at radius 3 is 2.04 bits per heavy atom. The molecule has 0 spiro atoms. The summed E-state index contributed by atoms with van der Waals surface area (Å²) in [4.78, 5) is 28.2. The van der Waals surface area contributed by atoms with Crippen molar-refractivity contribution in [1.29, 1.82) is 0 Å². The molecule has 1 heterocycles. The van der Waals surface area contributed by atoms with E-state index in [1.54, 1.807) is 21.9 Å². The number of methoxy groups -OCH3 is 3. The van der Waals surface area contributed by atoms with Crippen LogP contribution in [0.5, 0.6) is 17.2 Å². The van der Waals surface area contributed by atoms with Gasteiger partial charge in [-0.05, 0) is 12.1 Å². The van der Waals surface area contributed by atoms with Crippen molar-refractivity contribution in [1.82, 2.24) is 9.80 Å². The second-order valence-corrected chi connectivity index (χ2v) is 5.59. The number of nitrogens with two attached hydrogens (primary N) is 1. The van der Waals surface area contributed by atoms with E-state index in [9.17, 15) is 9.59 Å². The fourth-order valence-corrected chi connectivity index (χ4v) is 2.88. The number of amides is 2. The standard InChI is InChI=1S/C17H25N3O5.ClH/c1-23-13-5-4-12(15(24-2)16(13)25-3)17(22)20-10-8-19(9-11-20)14(21)6-7-18;/h4-5H,6-11,18H2,1-3H3;1H. The average molecular weight is 388 g/mol. The summed E-state index contributed by atoms with van der Waals surface area (Å²) < 4.78 is 15.9. The molecular formula is C17H26ClN3O5. The predicted octanol–water partition coefficient (Wildman–Crippen LogP) is 0.767. The summed E-state index contributed by atoms with van der Waals surface area (Å²) in [7, 11) is 4.50. The zero-order valence-corrected chi connectivity index (χ0v) is 16.1. The number of carbonyl (C=O) groups excluding carboxylic acids is 2. The summed E-state index contributed by atoms with van der Waals surface area (Å²) >= 11 is 0. The van der Waals surface area contributed by atoms with Gasteiger partial charge < -0.3 is 29.7 Å². The number of halogens is 1. The lowest BCUT2D eigenvalue weighted by molar-refractivity contribution is -0.132. The second-order valence-electron chi connectivity index (χ2n) is 5.59. The second kappa shape index (κ2) is 10.1. The Morgan fingerprint density at radius 1 is 0.962 bits per heavy atom. The third-order valence-corrected chi connectivity index (χ3v) is 4.21. The van der Waals surface area contributed by atoms with Gasteiger partial charge in [0, 0.05) is 39.1 Å². The fourth-order valence-electron chi connectivity index (χ4n) is 2.88. The Bertz CT molecular complexity index is 633. The Hall–Kier alpha value is -2.19. The van der Waals surface area contributed by atoms with E-state index >= 15 is 0 Å². The molecule has 146 valence electrons. The summed E-state index contributed by atoms with van der Waals surface area (Å²) in [5, 5.41) is 0. The van der Waals surface area contributed by atoms with Gasteiger partial charge in [0.05, 0.1) is 26.9 Å². The van der Waals surface area contributed by atoms with Crippen molar-refractivity contribution in [2.45, 2.75) is 6.42 Å². The lowest BCUT2D eigenvalue weighted by atomic mass is 10.1. The van der Waals surface area contributed by atoms with E-state index in [4.69, 9.17) is 19.9 Å². The SMILES string of the molecule is COc1ccc(C(=O)N2CCN(C(=O)CCN)CC2)c(OC)c1OC.Cl. The van der Waals surface area contributed by atoms with Gasteiger partial charge in [0.25, 0.3) is 5.91 Å². The summed E-state index contributed by atoms with van der Waals surface area (Å²) in [6.07, 6.45) is 0.331. The van der Waals surface area contributed by atoms with Crippen LogP contribution in [0.4, 0.5) is 0 Å². The van der Waals surface area contributed by atoms with Crippen LogP contribution in [0.15, 0.2) is 12.1 Å². The molecule has 9 heteroatoms. The maximum absolute atomic E-state index is 12.9. The zero-order valence-electron chi connectivity index (χ0n) is 15.3. The molecule has 1 aliphatic rings. The van der Waals surface area contributed by atoms with Crippen LogP contribution in [0.3, 0.4) is 0 Å². The highest BCUT2D eigenvalue weighted by Gasteiger charge is 2.28. The largest absolute Gasteiger partial charge is 0.493 e. The topological polar surface area (TPSA) is 94.3 Å². The van der Waals surface area contributed by atoms with Crippen LogP contribution in [0, 0.1) is 0 Å². The van der Waals surface area contributed by atoms with Gasteiger partial charge in [-0.25, -0.2) is 0 Å². The van der Waals surface area contributed by atoms with Crippen LogP contribution in [-0.2, 0) is 4.79 Å². The van der Waals surface area contributed by atoms with E-state index in [0.29, 0.717) is 62.0 Å². The van der Waals surface area contributed by atoms with E-state index < -0.39 is 0 Å². The first-order chi connectivity index (χ1) is 12.1. The van der Waals surface area contributed by atoms with E-state index in [1.165, 1.54) is 21.3 Å². The number of hydrogen-bond acceptors (Lipinski definition) is 6. The average Bonchev–Trinajstić information content (AvgIpc) is 2.66. The maximum Gasteiger partial charge on any atom is 0.257 e. The summed E-state index contributed by atoms with van der Waals surface area (Å²) in [5.41, 5.74) is 5.83. The molecule has 1 aromatic carbocycles. The van der Waals surface area contributed by atoms with Crippen molar-refractivity contribution in [3.05, 3.63) is 17.7 Å². The number of benzene rings is 1. The van der Waals surface area contributed by atoms with Crippen molar-refractivity contribution >= 4 is 24.2 Å². The maximum atomic E-state index is 12.9. The molecule has 0 unspecified atom stereocenters. The van der Waals surface area contributed by atoms with Gasteiger partial charge in [0.1, 0.15) is 0 Å². The molecule has 2 amide bonds. The molecule has 0 aromatic heterocycles. The first-order valence-corrected chi connectivity index (χ1v) is 8.13. The predicted molar refractivity (Wildman–Crippen MR) is 99.5 cm³/mol. The molecule has 1 saturated heterocycles. The van der Waals surface area contributed by atoms with E-state index in [-0.39, 0.29) is 24.2 Å². The summed E-state index contributed by atoms with van der Waals surface area (Å²) in [5.74, 6) is 1.08. The third kappa shape index (κ3) is 4.50. The molecule has 2 N–H and O–H groups in total. The minimum Gasteiger partial charge on any atom is -0.493 e. The van der Waals surface area contributed by atoms with Crippen molar-refractivity contribution in [2.75, 3.05) is 54.1 Å². The quantitative estimate of drug-likeness (QED) is 0.774. The Balaban J connectivity index is 0.00000338. The van der Waals surface area contributed by atoms with Gasteiger partial charge in [-0.15, -0.1) is 12.4 Å². The van der Waals surface area contributed by atoms with Gasteiger partial charge in [0.2, 0.25) is 11.7 Å². The number of rotatable bonds is 6. The van der Waals surface area contributed by atoms with E-state index in [1.807, 2.05) is 0 Å². The van der Waals surface area contributed by atoms with Gasteiger partial charge >= 0.3 is 0 Å². The number of hydrogen-bond donors (Lipinski definition) is 1. The molecule has 1 fully saturated rings. The number of nitrogens with zero attached hydrogens (tertiary/aromatic N) is 2. The van der Waals surface area contributed by atoms with Crippen LogP contribution in [-0.4, -0.2) is 75.7 Å². The highest BCUT2D eigenvalue weighted by Crippen LogP contribution is 2.40. The molecule has 2 rings (SSSR count). The van der Waals surface area contributed by atoms with Gasteiger partial charge in [-0.1, -0.05) is 0 Å². The molecule has 8 nitrogen and oxygen atoms in total.